The second kappa shape index (κ2) is 9.39. The molecule has 0 heterocycles. The lowest BCUT2D eigenvalue weighted by molar-refractivity contribution is -0.149. The Bertz CT molecular complexity index is 869. The third kappa shape index (κ3) is 5.86. The summed E-state index contributed by atoms with van der Waals surface area (Å²) in [4.78, 5) is 23.6. The van der Waals surface area contributed by atoms with Gasteiger partial charge in [0, 0.05) is 0 Å². The SMILES string of the molecule is Cc1cc(OCC(=O)OCC(=O)Nc2ccccc2C#N)ccc1C(C)C. The number of amides is 1. The van der Waals surface area contributed by atoms with Gasteiger partial charge in [-0.3, -0.25) is 4.79 Å². The van der Waals surface area contributed by atoms with E-state index in [1.54, 1.807) is 30.3 Å². The second-order valence-electron chi connectivity index (χ2n) is 6.33. The Morgan fingerprint density at radius 3 is 2.56 bits per heavy atom. The fraction of sp³-hybridized carbons (Fsp3) is 0.286. The highest BCUT2D eigenvalue weighted by Gasteiger charge is 2.11. The van der Waals surface area contributed by atoms with Crippen LogP contribution in [0.5, 0.6) is 5.75 Å². The number of anilines is 1. The van der Waals surface area contributed by atoms with E-state index >= 15 is 0 Å². The monoisotopic (exact) mass is 366 g/mol. The average Bonchev–Trinajstić information content (AvgIpc) is 2.65. The molecule has 0 bridgehead atoms. The Labute approximate surface area is 158 Å². The molecule has 140 valence electrons. The molecule has 0 aliphatic carbocycles. The van der Waals surface area contributed by atoms with Crippen LogP contribution < -0.4 is 10.1 Å². The van der Waals surface area contributed by atoms with Gasteiger partial charge in [-0.15, -0.1) is 0 Å². The van der Waals surface area contributed by atoms with Gasteiger partial charge in [0.25, 0.3) is 5.91 Å². The maximum absolute atomic E-state index is 11.9. The predicted octanol–water partition coefficient (Wildman–Crippen LogP) is 3.55. The molecule has 0 aliphatic rings. The van der Waals surface area contributed by atoms with Gasteiger partial charge in [-0.25, -0.2) is 4.79 Å². The molecule has 2 aromatic rings. The van der Waals surface area contributed by atoms with Crippen LogP contribution in [0.15, 0.2) is 42.5 Å². The molecule has 0 atom stereocenters. The number of rotatable bonds is 7. The zero-order chi connectivity index (χ0) is 19.8. The van der Waals surface area contributed by atoms with Gasteiger partial charge in [-0.2, -0.15) is 5.26 Å². The first-order valence-corrected chi connectivity index (χ1v) is 8.58. The van der Waals surface area contributed by atoms with Crippen molar-refractivity contribution in [3.8, 4) is 11.8 Å². The molecule has 1 amide bonds. The van der Waals surface area contributed by atoms with Crippen LogP contribution in [0.25, 0.3) is 0 Å². The minimum atomic E-state index is -0.649. The van der Waals surface area contributed by atoms with E-state index in [1.807, 2.05) is 25.1 Å². The van der Waals surface area contributed by atoms with E-state index in [0.717, 1.165) is 5.56 Å². The Morgan fingerprint density at radius 1 is 1.15 bits per heavy atom. The maximum atomic E-state index is 11.9. The van der Waals surface area contributed by atoms with Crippen LogP contribution in [0.4, 0.5) is 5.69 Å². The summed E-state index contributed by atoms with van der Waals surface area (Å²) in [6.07, 6.45) is 0. The highest BCUT2D eigenvalue weighted by molar-refractivity contribution is 5.94. The molecule has 0 saturated heterocycles. The van der Waals surface area contributed by atoms with Crippen LogP contribution in [0.2, 0.25) is 0 Å². The number of nitrogens with zero attached hydrogens (tertiary/aromatic N) is 1. The van der Waals surface area contributed by atoms with Crippen molar-refractivity contribution in [2.45, 2.75) is 26.7 Å². The van der Waals surface area contributed by atoms with Crippen LogP contribution in [-0.4, -0.2) is 25.1 Å². The Balaban J connectivity index is 1.80. The third-order valence-corrected chi connectivity index (χ3v) is 3.91. The number of carbonyl (C=O) groups excluding carboxylic acids is 2. The lowest BCUT2D eigenvalue weighted by Crippen LogP contribution is -2.24. The van der Waals surface area contributed by atoms with Crippen molar-refractivity contribution >= 4 is 17.6 Å². The van der Waals surface area contributed by atoms with E-state index in [9.17, 15) is 9.59 Å². The second-order valence-corrected chi connectivity index (χ2v) is 6.33. The molecule has 0 saturated carbocycles. The first-order chi connectivity index (χ1) is 12.9. The van der Waals surface area contributed by atoms with Crippen LogP contribution in [-0.2, 0) is 14.3 Å². The highest BCUT2D eigenvalue weighted by Crippen LogP contribution is 2.23. The number of hydrogen-bond acceptors (Lipinski definition) is 5. The number of benzene rings is 2. The summed E-state index contributed by atoms with van der Waals surface area (Å²) >= 11 is 0. The van der Waals surface area contributed by atoms with E-state index in [4.69, 9.17) is 14.7 Å². The van der Waals surface area contributed by atoms with Gasteiger partial charge in [0.15, 0.2) is 13.2 Å². The van der Waals surface area contributed by atoms with E-state index < -0.39 is 18.5 Å². The minimum absolute atomic E-state index is 0.289. The molecule has 1 N–H and O–H groups in total. The van der Waals surface area contributed by atoms with Crippen LogP contribution in [0, 0.1) is 18.3 Å². The number of aryl methyl sites for hydroxylation is 1. The Hall–Kier alpha value is -3.33. The summed E-state index contributed by atoms with van der Waals surface area (Å²) in [6, 6.07) is 14.2. The maximum Gasteiger partial charge on any atom is 0.344 e. The van der Waals surface area contributed by atoms with Gasteiger partial charge in [-0.1, -0.05) is 32.0 Å². The smallest absolute Gasteiger partial charge is 0.344 e. The topological polar surface area (TPSA) is 88.4 Å². The van der Waals surface area contributed by atoms with E-state index in [0.29, 0.717) is 22.9 Å². The fourth-order valence-electron chi connectivity index (χ4n) is 2.59. The fourth-order valence-corrected chi connectivity index (χ4v) is 2.59. The molecule has 0 aromatic heterocycles. The van der Waals surface area contributed by atoms with Crippen LogP contribution >= 0.6 is 0 Å². The number of hydrogen-bond donors (Lipinski definition) is 1. The molecule has 2 aromatic carbocycles. The molecule has 0 spiro atoms. The summed E-state index contributed by atoms with van der Waals surface area (Å²) < 4.78 is 10.3. The Kier molecular flexibility index (Phi) is 6.95. The van der Waals surface area contributed by atoms with E-state index in [-0.39, 0.29) is 6.61 Å². The molecule has 6 heteroatoms. The lowest BCUT2D eigenvalue weighted by Gasteiger charge is -2.12. The summed E-state index contributed by atoms with van der Waals surface area (Å²) in [5.41, 5.74) is 3.02. The summed E-state index contributed by atoms with van der Waals surface area (Å²) in [5.74, 6) is -0.192. The van der Waals surface area contributed by atoms with Gasteiger partial charge in [0.05, 0.1) is 11.3 Å². The van der Waals surface area contributed by atoms with Crippen LogP contribution in [0.3, 0.4) is 0 Å². The van der Waals surface area contributed by atoms with E-state index in [1.165, 1.54) is 5.56 Å². The quantitative estimate of drug-likeness (QED) is 0.757. The molecule has 0 aliphatic heterocycles. The van der Waals surface area contributed by atoms with Crippen molar-refractivity contribution in [1.82, 2.24) is 0 Å². The number of nitriles is 1. The van der Waals surface area contributed by atoms with Crippen LogP contribution in [0.1, 0.15) is 36.5 Å². The molecule has 27 heavy (non-hydrogen) atoms. The van der Waals surface area contributed by atoms with Crippen molar-refractivity contribution in [2.75, 3.05) is 18.5 Å². The highest BCUT2D eigenvalue weighted by atomic mass is 16.6. The van der Waals surface area contributed by atoms with Gasteiger partial charge < -0.3 is 14.8 Å². The Morgan fingerprint density at radius 2 is 1.89 bits per heavy atom. The summed E-state index contributed by atoms with van der Waals surface area (Å²) in [5, 5.41) is 11.5. The van der Waals surface area contributed by atoms with E-state index in [2.05, 4.69) is 19.2 Å². The average molecular weight is 366 g/mol. The number of esters is 1. The summed E-state index contributed by atoms with van der Waals surface area (Å²) in [6.45, 7) is 5.47. The zero-order valence-electron chi connectivity index (χ0n) is 15.6. The molecule has 0 fully saturated rings. The largest absolute Gasteiger partial charge is 0.482 e. The van der Waals surface area contributed by atoms with Crippen molar-refractivity contribution in [3.63, 3.8) is 0 Å². The standard InChI is InChI=1S/C21H22N2O4/c1-14(2)18-9-8-17(10-15(18)3)26-13-21(25)27-12-20(24)23-19-7-5-4-6-16(19)11-22/h4-10,14H,12-13H2,1-3H3,(H,23,24). The van der Waals surface area contributed by atoms with Crippen molar-refractivity contribution in [1.29, 1.82) is 5.26 Å². The van der Waals surface area contributed by atoms with Gasteiger partial charge in [0.1, 0.15) is 11.8 Å². The van der Waals surface area contributed by atoms with Crippen molar-refractivity contribution < 1.29 is 19.1 Å². The van der Waals surface area contributed by atoms with Crippen molar-refractivity contribution in [3.05, 3.63) is 59.2 Å². The van der Waals surface area contributed by atoms with Gasteiger partial charge in [0.2, 0.25) is 0 Å². The zero-order valence-corrected chi connectivity index (χ0v) is 15.6. The molecular formula is C21H22N2O4. The van der Waals surface area contributed by atoms with Gasteiger partial charge in [-0.05, 0) is 48.2 Å². The first-order valence-electron chi connectivity index (χ1n) is 8.58. The van der Waals surface area contributed by atoms with Crippen molar-refractivity contribution in [2.24, 2.45) is 0 Å². The molecule has 0 unspecified atom stereocenters. The number of nitrogens with one attached hydrogen (secondary N) is 1. The lowest BCUT2D eigenvalue weighted by atomic mass is 9.98. The molecular weight excluding hydrogens is 344 g/mol. The minimum Gasteiger partial charge on any atom is -0.482 e. The van der Waals surface area contributed by atoms with Gasteiger partial charge >= 0.3 is 5.97 Å². The molecule has 2 rings (SSSR count). The number of carbonyl (C=O) groups is 2. The molecule has 6 nitrogen and oxygen atoms in total. The summed E-state index contributed by atoms with van der Waals surface area (Å²) in [7, 11) is 0. The molecule has 0 radical (unpaired) electrons. The number of para-hydroxylation sites is 1. The number of ether oxygens (including phenoxy) is 2. The normalized spacial score (nSPS) is 10.2. The third-order valence-electron chi connectivity index (χ3n) is 3.91. The first kappa shape index (κ1) is 20.0. The predicted molar refractivity (Wildman–Crippen MR) is 102 cm³/mol.